The lowest BCUT2D eigenvalue weighted by atomic mass is 10.5. The molecule has 0 amide bonds. The van der Waals surface area contributed by atoms with Gasteiger partial charge in [-0.15, -0.1) is 4.80 Å². The Morgan fingerprint density at radius 3 is 2.58 bits per heavy atom. The van der Waals surface area contributed by atoms with Crippen LogP contribution in [0, 0.1) is 0 Å². The molecule has 0 saturated carbocycles. The minimum atomic E-state index is 0.697. The van der Waals surface area contributed by atoms with Gasteiger partial charge in [-0.2, -0.15) is 10.2 Å². The molecular formula is C7H5BrN4. The Labute approximate surface area is 77.4 Å². The maximum Gasteiger partial charge on any atom is 0.188 e. The van der Waals surface area contributed by atoms with Crippen molar-refractivity contribution in [3.8, 4) is 5.82 Å². The number of aromatic nitrogens is 4. The van der Waals surface area contributed by atoms with Gasteiger partial charge in [0.05, 0.1) is 16.9 Å². The van der Waals surface area contributed by atoms with Gasteiger partial charge in [0.2, 0.25) is 0 Å². The van der Waals surface area contributed by atoms with E-state index < -0.39 is 0 Å². The summed E-state index contributed by atoms with van der Waals surface area (Å²) in [4.78, 5) is 5.57. The van der Waals surface area contributed by atoms with Crippen LogP contribution in [0.5, 0.6) is 0 Å². The number of pyridine rings is 1. The van der Waals surface area contributed by atoms with Gasteiger partial charge in [0.25, 0.3) is 0 Å². The largest absolute Gasteiger partial charge is 0.235 e. The standard InChI is InChI=1S/C7H5BrN4/c8-6-2-1-3-9-7(6)12-10-4-5-11-12/h1-5H. The van der Waals surface area contributed by atoms with Crippen LogP contribution < -0.4 is 0 Å². The molecule has 0 aliphatic rings. The highest BCUT2D eigenvalue weighted by Crippen LogP contribution is 2.15. The molecule has 0 N–H and O–H groups in total. The van der Waals surface area contributed by atoms with E-state index in [0.717, 1.165) is 4.47 Å². The summed E-state index contributed by atoms with van der Waals surface area (Å²) in [5.74, 6) is 0.697. The Morgan fingerprint density at radius 1 is 1.17 bits per heavy atom. The summed E-state index contributed by atoms with van der Waals surface area (Å²) in [6.45, 7) is 0. The minimum Gasteiger partial charge on any atom is -0.235 e. The summed E-state index contributed by atoms with van der Waals surface area (Å²) in [5, 5.41) is 7.92. The van der Waals surface area contributed by atoms with Gasteiger partial charge in [-0.25, -0.2) is 4.98 Å². The Morgan fingerprint density at radius 2 is 1.92 bits per heavy atom. The zero-order chi connectivity index (χ0) is 8.39. The van der Waals surface area contributed by atoms with Crippen molar-refractivity contribution in [1.82, 2.24) is 20.0 Å². The van der Waals surface area contributed by atoms with Crippen LogP contribution >= 0.6 is 15.9 Å². The van der Waals surface area contributed by atoms with E-state index in [2.05, 4.69) is 31.1 Å². The van der Waals surface area contributed by atoms with Crippen LogP contribution in [0.3, 0.4) is 0 Å². The third kappa shape index (κ3) is 1.23. The Hall–Kier alpha value is -1.23. The zero-order valence-corrected chi connectivity index (χ0v) is 7.64. The van der Waals surface area contributed by atoms with Gasteiger partial charge in [0, 0.05) is 6.20 Å². The van der Waals surface area contributed by atoms with Crippen LogP contribution in [0.2, 0.25) is 0 Å². The van der Waals surface area contributed by atoms with Crippen LogP contribution in [-0.2, 0) is 0 Å². The van der Waals surface area contributed by atoms with Crippen LogP contribution in [0.15, 0.2) is 35.2 Å². The maximum atomic E-state index is 4.11. The molecule has 12 heavy (non-hydrogen) atoms. The van der Waals surface area contributed by atoms with Crippen LogP contribution in [0.25, 0.3) is 5.82 Å². The lowest BCUT2D eigenvalue weighted by Gasteiger charge is -1.98. The fourth-order valence-corrected chi connectivity index (χ4v) is 1.26. The van der Waals surface area contributed by atoms with Gasteiger partial charge in [-0.3, -0.25) is 0 Å². The molecule has 0 atom stereocenters. The minimum absolute atomic E-state index is 0.697. The van der Waals surface area contributed by atoms with Crippen molar-refractivity contribution in [2.24, 2.45) is 0 Å². The van der Waals surface area contributed by atoms with Crippen molar-refractivity contribution in [1.29, 1.82) is 0 Å². The summed E-state index contributed by atoms with van der Waals surface area (Å²) in [7, 11) is 0. The van der Waals surface area contributed by atoms with E-state index in [4.69, 9.17) is 0 Å². The first-order chi connectivity index (χ1) is 5.88. The van der Waals surface area contributed by atoms with Crippen LogP contribution in [0.4, 0.5) is 0 Å². The monoisotopic (exact) mass is 224 g/mol. The Kier molecular flexibility index (Phi) is 1.87. The first-order valence-corrected chi connectivity index (χ1v) is 4.14. The predicted octanol–water partition coefficient (Wildman–Crippen LogP) is 1.42. The molecule has 0 aliphatic carbocycles. The molecule has 0 aliphatic heterocycles. The molecule has 0 radical (unpaired) electrons. The van der Waals surface area contributed by atoms with Gasteiger partial charge in [0.15, 0.2) is 5.82 Å². The summed E-state index contributed by atoms with van der Waals surface area (Å²) >= 11 is 3.35. The van der Waals surface area contributed by atoms with Gasteiger partial charge >= 0.3 is 0 Å². The van der Waals surface area contributed by atoms with E-state index in [1.807, 2.05) is 12.1 Å². The van der Waals surface area contributed by atoms with E-state index in [1.54, 1.807) is 18.6 Å². The molecule has 5 heteroatoms. The quantitative estimate of drug-likeness (QED) is 0.737. The van der Waals surface area contributed by atoms with E-state index >= 15 is 0 Å². The van der Waals surface area contributed by atoms with Crippen molar-refractivity contribution in [2.45, 2.75) is 0 Å². The number of rotatable bonds is 1. The summed E-state index contributed by atoms with van der Waals surface area (Å²) in [5.41, 5.74) is 0. The average molecular weight is 225 g/mol. The topological polar surface area (TPSA) is 43.6 Å². The molecule has 2 rings (SSSR count). The van der Waals surface area contributed by atoms with Crippen molar-refractivity contribution in [3.63, 3.8) is 0 Å². The number of nitrogens with zero attached hydrogens (tertiary/aromatic N) is 4. The Balaban J connectivity index is 2.55. The van der Waals surface area contributed by atoms with E-state index in [9.17, 15) is 0 Å². The molecule has 0 aromatic carbocycles. The van der Waals surface area contributed by atoms with E-state index in [1.165, 1.54) is 4.80 Å². The summed E-state index contributed by atoms with van der Waals surface area (Å²) in [6.07, 6.45) is 4.92. The lowest BCUT2D eigenvalue weighted by molar-refractivity contribution is 0.725. The van der Waals surface area contributed by atoms with Crippen molar-refractivity contribution >= 4 is 15.9 Å². The molecule has 0 unspecified atom stereocenters. The van der Waals surface area contributed by atoms with Gasteiger partial charge < -0.3 is 0 Å². The first kappa shape index (κ1) is 7.42. The second kappa shape index (κ2) is 3.02. The lowest BCUT2D eigenvalue weighted by Crippen LogP contribution is -2.01. The summed E-state index contributed by atoms with van der Waals surface area (Å²) in [6, 6.07) is 3.74. The van der Waals surface area contributed by atoms with Crippen LogP contribution in [-0.4, -0.2) is 20.0 Å². The normalized spacial score (nSPS) is 10.1. The smallest absolute Gasteiger partial charge is 0.188 e. The fraction of sp³-hybridized carbons (Fsp3) is 0. The molecule has 0 saturated heterocycles. The van der Waals surface area contributed by atoms with Gasteiger partial charge in [-0.05, 0) is 28.1 Å². The van der Waals surface area contributed by atoms with Gasteiger partial charge in [-0.1, -0.05) is 0 Å². The molecule has 0 fully saturated rings. The van der Waals surface area contributed by atoms with Crippen molar-refractivity contribution in [3.05, 3.63) is 35.2 Å². The van der Waals surface area contributed by atoms with E-state index in [-0.39, 0.29) is 0 Å². The Bertz CT molecular complexity index is 371. The highest BCUT2D eigenvalue weighted by Gasteiger charge is 2.02. The predicted molar refractivity (Wildman–Crippen MR) is 46.9 cm³/mol. The third-order valence-corrected chi connectivity index (χ3v) is 1.97. The molecule has 0 bridgehead atoms. The molecule has 4 nitrogen and oxygen atoms in total. The summed E-state index contributed by atoms with van der Waals surface area (Å²) < 4.78 is 0.876. The van der Waals surface area contributed by atoms with Crippen molar-refractivity contribution in [2.75, 3.05) is 0 Å². The number of hydrogen-bond donors (Lipinski definition) is 0. The maximum absolute atomic E-state index is 4.11. The first-order valence-electron chi connectivity index (χ1n) is 3.35. The van der Waals surface area contributed by atoms with Crippen molar-refractivity contribution < 1.29 is 0 Å². The SMILES string of the molecule is Brc1cccnc1-n1nccn1. The highest BCUT2D eigenvalue weighted by atomic mass is 79.9. The molecule has 2 heterocycles. The average Bonchev–Trinajstić information content (AvgIpc) is 2.57. The number of halogens is 1. The number of hydrogen-bond acceptors (Lipinski definition) is 3. The molecule has 0 spiro atoms. The zero-order valence-electron chi connectivity index (χ0n) is 6.05. The van der Waals surface area contributed by atoms with Crippen LogP contribution in [0.1, 0.15) is 0 Å². The van der Waals surface area contributed by atoms with E-state index in [0.29, 0.717) is 5.82 Å². The van der Waals surface area contributed by atoms with Gasteiger partial charge in [0.1, 0.15) is 0 Å². The highest BCUT2D eigenvalue weighted by molar-refractivity contribution is 9.10. The molecule has 2 aromatic heterocycles. The third-order valence-electron chi connectivity index (χ3n) is 1.35. The molecule has 2 aromatic rings. The second-order valence-corrected chi connectivity index (χ2v) is 2.98. The molecule has 60 valence electrons. The molecular weight excluding hydrogens is 220 g/mol. The fourth-order valence-electron chi connectivity index (χ4n) is 0.850. The second-order valence-electron chi connectivity index (χ2n) is 2.13.